The van der Waals surface area contributed by atoms with Gasteiger partial charge in [0.15, 0.2) is 0 Å². The number of imidazole rings is 4. The normalized spacial score (nSPS) is 10.3. The topological polar surface area (TPSA) is 450 Å². The molecule has 14 rings (SSSR count). The molecule has 6 aromatic carbocycles. The molecule has 128 heavy (non-hydrogen) atoms. The Morgan fingerprint density at radius 3 is 1.04 bits per heavy atom. The van der Waals surface area contributed by atoms with Gasteiger partial charge in [0.1, 0.15) is 54.1 Å². The molecule has 672 valence electrons. The Hall–Kier alpha value is -12.0. The van der Waals surface area contributed by atoms with Crippen LogP contribution in [0, 0.1) is 34.6 Å². The van der Waals surface area contributed by atoms with E-state index < -0.39 is 5.97 Å². The fourth-order valence-electron chi connectivity index (χ4n) is 12.5. The van der Waals surface area contributed by atoms with Crippen molar-refractivity contribution in [1.29, 1.82) is 0 Å². The molecule has 0 bridgehead atoms. The van der Waals surface area contributed by atoms with Crippen molar-refractivity contribution in [3.8, 4) is 0 Å². The number of aryl methyl sites for hydroxylation is 9. The number of esters is 3. The number of anilines is 3. The second-order valence-corrected chi connectivity index (χ2v) is 33.6. The molecule has 1 amide bonds. The van der Waals surface area contributed by atoms with Crippen molar-refractivity contribution in [3.05, 3.63) is 310 Å². The van der Waals surface area contributed by atoms with Gasteiger partial charge in [-0.15, -0.1) is 52.1 Å². The summed E-state index contributed by atoms with van der Waals surface area (Å²) in [5.74, 6) is 2.44. The molecule has 8 heterocycles. The smallest absolute Gasteiger partial charge is 0.870 e. The number of halogens is 1. The molecule has 0 saturated heterocycles. The summed E-state index contributed by atoms with van der Waals surface area (Å²) in [4.78, 5) is 86.1. The van der Waals surface area contributed by atoms with Crippen molar-refractivity contribution < 1.29 is 77.9 Å². The van der Waals surface area contributed by atoms with Gasteiger partial charge >= 0.3 is 42.7 Å². The van der Waals surface area contributed by atoms with E-state index in [0.29, 0.717) is 54.0 Å². The number of carboxylic acid groups (broad SMARTS) is 1. The number of carboxylic acids is 1. The maximum absolute atomic E-state index is 12.8. The summed E-state index contributed by atoms with van der Waals surface area (Å²) in [7, 11) is 4.20. The van der Waals surface area contributed by atoms with Crippen LogP contribution in [0.15, 0.2) is 195 Å². The fraction of sp³-hybridized carbons (Fsp3) is 0.319. The van der Waals surface area contributed by atoms with E-state index in [1.165, 1.54) is 72.2 Å². The first-order valence-corrected chi connectivity index (χ1v) is 44.3. The summed E-state index contributed by atoms with van der Waals surface area (Å²) in [5, 5.41) is 51.1. The number of alkyl halides is 1. The molecule has 0 unspecified atom stereocenters. The van der Waals surface area contributed by atoms with Crippen LogP contribution in [-0.2, 0) is 145 Å². The zero-order chi connectivity index (χ0) is 88.5. The van der Waals surface area contributed by atoms with Crippen LogP contribution in [-0.4, -0.2) is 152 Å². The molecule has 0 saturated carbocycles. The number of ether oxygens (including phenoxy) is 3. The van der Waals surface area contributed by atoms with E-state index in [4.69, 9.17) is 16.6 Å². The second kappa shape index (κ2) is 57.0. The van der Waals surface area contributed by atoms with Gasteiger partial charge in [0.25, 0.3) is 0 Å². The molecule has 0 aliphatic heterocycles. The average Bonchev–Trinajstić information content (AvgIpc) is 1.65. The predicted octanol–water partition coefficient (Wildman–Crippen LogP) is 11.2. The molecule has 31 nitrogen and oxygen atoms in total. The summed E-state index contributed by atoms with van der Waals surface area (Å²) >= 11 is 9.17. The Labute approximate surface area is 781 Å². The molecule has 9 N–H and O–H groups in total. The molecular formula is C91H109BrLiN19O12S4. The van der Waals surface area contributed by atoms with Gasteiger partial charge in [-0.1, -0.05) is 209 Å². The minimum absolute atomic E-state index is 0. The summed E-state index contributed by atoms with van der Waals surface area (Å²) < 4.78 is 22.1. The van der Waals surface area contributed by atoms with E-state index in [0.717, 1.165) is 186 Å². The Morgan fingerprint density at radius 1 is 0.391 bits per heavy atom. The molecular weight excluding hydrogens is 1770 g/mol. The van der Waals surface area contributed by atoms with Crippen molar-refractivity contribution >= 4 is 112 Å². The molecule has 0 aliphatic carbocycles. The van der Waals surface area contributed by atoms with Crippen LogP contribution in [0.4, 0.5) is 15.4 Å². The van der Waals surface area contributed by atoms with Gasteiger partial charge in [0.2, 0.25) is 21.3 Å². The van der Waals surface area contributed by atoms with Gasteiger partial charge in [-0.3, -0.25) is 28.8 Å². The Kier molecular flexibility index (Phi) is 47.4. The number of nitrogens with one attached hydrogen (secondary N) is 1. The third kappa shape index (κ3) is 38.7. The van der Waals surface area contributed by atoms with Gasteiger partial charge in [0.05, 0.1) is 59.9 Å². The maximum Gasteiger partial charge on any atom is 1.00 e. The van der Waals surface area contributed by atoms with Crippen molar-refractivity contribution in [2.24, 2.45) is 0 Å². The molecule has 37 heteroatoms. The number of benzene rings is 6. The summed E-state index contributed by atoms with van der Waals surface area (Å²) in [6.45, 7) is 12.8. The van der Waals surface area contributed by atoms with E-state index in [9.17, 15) is 28.8 Å². The zero-order valence-corrected chi connectivity index (χ0v) is 77.4. The first kappa shape index (κ1) is 107. The number of nitrogen functional groups attached to an aromatic ring is 2. The van der Waals surface area contributed by atoms with Crippen LogP contribution in [0.5, 0.6) is 0 Å². The third-order valence-electron chi connectivity index (χ3n) is 18.7. The van der Waals surface area contributed by atoms with E-state index in [1.54, 1.807) is 24.8 Å². The number of hydrogen-bond acceptors (Lipinski definition) is 28. The van der Waals surface area contributed by atoms with Crippen LogP contribution < -0.4 is 35.6 Å². The zero-order valence-electron chi connectivity index (χ0n) is 72.5. The molecule has 0 radical (unpaired) electrons. The number of ketones is 1. The van der Waals surface area contributed by atoms with Crippen LogP contribution in [0.1, 0.15) is 148 Å². The van der Waals surface area contributed by atoms with Gasteiger partial charge in [-0.05, 0) is 121 Å². The molecule has 0 aliphatic rings. The van der Waals surface area contributed by atoms with Crippen molar-refractivity contribution in [3.63, 3.8) is 0 Å². The number of rotatable bonds is 34. The van der Waals surface area contributed by atoms with Gasteiger partial charge in [-0.25, -0.2) is 19.9 Å². The Bertz CT molecular complexity index is 5540. The predicted molar refractivity (Wildman–Crippen MR) is 498 cm³/mol. The quantitative estimate of drug-likeness (QED) is 0.00956. The van der Waals surface area contributed by atoms with E-state index in [2.05, 4.69) is 134 Å². The summed E-state index contributed by atoms with van der Waals surface area (Å²) in [5.41, 5.74) is 23.5. The SMILES string of the molecule is C.COC(=O)Cc1cccc(C)c1.COC(=O)Cc1cccc(CBr)c1.COC(=O)Cc1cccc(Cn2ccnc2C)c1.Cc1nccn1Cc1cccc(CC(=O)Cc2nnc(CCCCc3nnc(NC(=O)Cc4cccc(Cn5ccnc5C)c4)s3)s2)c1.Cc1nccn1Cc1cccc(CC(=O)O)c1.Nc1nnc(CCCCc2nnc(N)s2)s1.O.[Li+].[OH-]. The van der Waals surface area contributed by atoms with Crippen LogP contribution in [0.2, 0.25) is 0 Å². The van der Waals surface area contributed by atoms with Crippen LogP contribution in [0.25, 0.3) is 0 Å². The minimum atomic E-state index is -0.805. The largest absolute Gasteiger partial charge is 1.00 e. The number of carbonyl (C=O) groups is 6. The van der Waals surface area contributed by atoms with Gasteiger partial charge in [-0.2, -0.15) is 0 Å². The number of Topliss-reactive ketones (excluding diaryl/α,β-unsaturated/α-hetero) is 1. The third-order valence-corrected chi connectivity index (χ3v) is 22.9. The van der Waals surface area contributed by atoms with Crippen molar-refractivity contribution in [1.82, 2.24) is 79.0 Å². The Balaban J connectivity index is 0.000000300. The maximum atomic E-state index is 12.8. The van der Waals surface area contributed by atoms with E-state index in [1.807, 2.05) is 185 Å². The summed E-state index contributed by atoms with van der Waals surface area (Å²) in [6.07, 6.45) is 24.2. The van der Waals surface area contributed by atoms with Crippen molar-refractivity contribution in [2.75, 3.05) is 38.1 Å². The molecule has 0 atom stereocenters. The average molecular weight is 1880 g/mol. The van der Waals surface area contributed by atoms with Gasteiger partial charge < -0.3 is 65.3 Å². The molecule has 14 aromatic rings. The number of aliphatic carboxylic acids is 1. The minimum Gasteiger partial charge on any atom is -0.870 e. The van der Waals surface area contributed by atoms with E-state index >= 15 is 0 Å². The van der Waals surface area contributed by atoms with Gasteiger partial charge in [0, 0.05) is 113 Å². The standard InChI is InChI=1S/C35H37N9O2S2.C14H16N2O2.C13H14N2O2.C10H11BrO2.C10H12O2.C8H12N6S2.CH4.Li.2H2O/c1-24-36-13-15-43(24)22-28-9-5-7-26(17-28)19-30(45)21-34-41-39-32(47-34)11-3-4-12-33-40-42-35(48-33)38-31(46)20-27-8-6-10-29(18-27)23-44-16-14-37-25(44)2;1-11-15-6-7-16(11)10-13-5-3-4-12(8-13)9-14(17)18-2;1-10-14-5-6-15(10)9-12-4-2-3-11(7-12)8-13(16)17;1-13-10(12)6-8-3-2-4-9(5-8)7-11;1-8-4-3-5-9(6-8)7-10(11)12-2;9-7-13-11-5(15-7)3-1-2-4-6-12-14-8(10)16-6;;;;/h5-10,13-18H,3-4,11-12,19-23H2,1-2H3,(H,38,42,46);3-8H,9-10H2,1-2H3;2-7H,8-9H2,1H3,(H,16,17);2-5H,6-7H2,1H3;3-6H,7H2,1-2H3;1-4H2,(H2,9,13)(H2,10,14);1H4;;2*1H2/q;;;;;;;+1;;/p-1. The van der Waals surface area contributed by atoms with E-state index in [-0.39, 0.29) is 79.7 Å². The molecule has 8 aromatic heterocycles. The summed E-state index contributed by atoms with van der Waals surface area (Å²) in [6, 6.07) is 47.5. The Morgan fingerprint density at radius 2 is 0.695 bits per heavy atom. The first-order chi connectivity index (χ1) is 59.9. The number of nitrogens with two attached hydrogens (primary N) is 2. The first-order valence-electron chi connectivity index (χ1n) is 39.9. The molecule has 0 fully saturated rings. The number of methoxy groups -OCH3 is 3. The number of unbranched alkanes of at least 4 members (excludes halogenated alkanes) is 2. The fourth-order valence-corrected chi connectivity index (χ4v) is 15.8. The van der Waals surface area contributed by atoms with Crippen molar-refractivity contribution in [2.45, 2.75) is 170 Å². The second-order valence-electron chi connectivity index (χ2n) is 28.7. The molecule has 0 spiro atoms. The number of aromatic nitrogens is 16. The van der Waals surface area contributed by atoms with Crippen LogP contribution in [0.3, 0.4) is 0 Å². The monoisotopic (exact) mass is 1870 g/mol. The number of hydrogen-bond donors (Lipinski definition) is 4. The number of carbonyl (C=O) groups excluding carboxylic acids is 5. The number of nitrogens with zero attached hydrogens (tertiary/aromatic N) is 16. The van der Waals surface area contributed by atoms with Crippen LogP contribution >= 0.6 is 61.3 Å². The number of amides is 1.